The second-order valence-electron chi connectivity index (χ2n) is 7.08. The molecule has 0 amide bonds. The van der Waals surface area contributed by atoms with E-state index in [4.69, 9.17) is 0 Å². The molecule has 1 aliphatic heterocycles. The minimum absolute atomic E-state index is 0.556. The molecule has 122 valence electrons. The van der Waals surface area contributed by atoms with Crippen LogP contribution in [0.1, 0.15) is 30.0 Å². The first-order chi connectivity index (χ1) is 11.1. The Kier molecular flexibility index (Phi) is 5.02. The van der Waals surface area contributed by atoms with Crippen molar-refractivity contribution in [1.29, 1.82) is 0 Å². The second-order valence-corrected chi connectivity index (χ2v) is 7.08. The minimum atomic E-state index is 0.556. The van der Waals surface area contributed by atoms with Gasteiger partial charge in [-0.05, 0) is 55.0 Å². The molecule has 2 aromatic rings. The zero-order valence-electron chi connectivity index (χ0n) is 14.5. The maximum atomic E-state index is 3.75. The molecule has 2 unspecified atom stereocenters. The van der Waals surface area contributed by atoms with E-state index < -0.39 is 0 Å². The fraction of sp³-hybridized carbons (Fsp3) is 0.429. The number of rotatable bonds is 4. The van der Waals surface area contributed by atoms with Crippen molar-refractivity contribution in [1.82, 2.24) is 5.32 Å². The van der Waals surface area contributed by atoms with Gasteiger partial charge in [0.1, 0.15) is 0 Å². The molecule has 0 radical (unpaired) electrons. The Morgan fingerprint density at radius 3 is 2.52 bits per heavy atom. The summed E-state index contributed by atoms with van der Waals surface area (Å²) in [5, 5.41) is 3.75. The quantitative estimate of drug-likeness (QED) is 0.905. The van der Waals surface area contributed by atoms with E-state index in [0.717, 1.165) is 25.6 Å². The molecule has 3 rings (SSSR count). The highest BCUT2D eigenvalue weighted by Crippen LogP contribution is 2.25. The highest BCUT2D eigenvalue weighted by Gasteiger charge is 2.24. The molecular formula is C21H28N2. The van der Waals surface area contributed by atoms with Gasteiger partial charge in [-0.3, -0.25) is 0 Å². The predicted molar refractivity (Wildman–Crippen MR) is 99.0 cm³/mol. The van der Waals surface area contributed by atoms with E-state index in [-0.39, 0.29) is 0 Å². The van der Waals surface area contributed by atoms with Crippen molar-refractivity contribution in [2.24, 2.45) is 5.92 Å². The first kappa shape index (κ1) is 16.1. The number of nitrogens with one attached hydrogen (secondary N) is 1. The average molecular weight is 308 g/mol. The maximum Gasteiger partial charge on any atom is 0.0369 e. The van der Waals surface area contributed by atoms with Gasteiger partial charge in [-0.1, -0.05) is 43.3 Å². The molecule has 1 fully saturated rings. The molecule has 2 aromatic carbocycles. The summed E-state index contributed by atoms with van der Waals surface area (Å²) >= 11 is 0. The van der Waals surface area contributed by atoms with E-state index in [0.29, 0.717) is 6.04 Å². The summed E-state index contributed by atoms with van der Waals surface area (Å²) in [4.78, 5) is 2.54. The standard InChI is InChI=1S/C21H28N2/c1-16-11-20(22-13-19-7-5-4-6-8-19)15-23(14-16)21-10-9-17(2)18(3)12-21/h4-10,12,16,20,22H,11,13-15H2,1-3H3. The zero-order chi connectivity index (χ0) is 16.2. The lowest BCUT2D eigenvalue weighted by molar-refractivity contribution is 0.350. The SMILES string of the molecule is Cc1ccc(N2CC(C)CC(NCc3ccccc3)C2)cc1C. The van der Waals surface area contributed by atoms with Crippen LogP contribution < -0.4 is 10.2 Å². The summed E-state index contributed by atoms with van der Waals surface area (Å²) in [5.41, 5.74) is 5.49. The van der Waals surface area contributed by atoms with Crippen molar-refractivity contribution in [3.05, 3.63) is 65.2 Å². The van der Waals surface area contributed by atoms with Crippen LogP contribution in [0.4, 0.5) is 5.69 Å². The van der Waals surface area contributed by atoms with E-state index in [1.165, 1.54) is 28.8 Å². The summed E-state index contributed by atoms with van der Waals surface area (Å²) in [6.07, 6.45) is 1.26. The van der Waals surface area contributed by atoms with Crippen LogP contribution in [0, 0.1) is 19.8 Å². The van der Waals surface area contributed by atoms with Crippen molar-refractivity contribution in [2.75, 3.05) is 18.0 Å². The van der Waals surface area contributed by atoms with Gasteiger partial charge in [0.05, 0.1) is 0 Å². The average Bonchev–Trinajstić information content (AvgIpc) is 2.56. The van der Waals surface area contributed by atoms with E-state index in [1.54, 1.807) is 0 Å². The minimum Gasteiger partial charge on any atom is -0.370 e. The van der Waals surface area contributed by atoms with Crippen LogP contribution in [-0.4, -0.2) is 19.1 Å². The molecule has 1 aliphatic rings. The Labute approximate surface area is 140 Å². The molecule has 2 atom stereocenters. The lowest BCUT2D eigenvalue weighted by Gasteiger charge is -2.38. The molecule has 0 spiro atoms. The van der Waals surface area contributed by atoms with Gasteiger partial charge in [-0.15, -0.1) is 0 Å². The van der Waals surface area contributed by atoms with Crippen LogP contribution in [0.25, 0.3) is 0 Å². The molecule has 1 N–H and O–H groups in total. The number of anilines is 1. The maximum absolute atomic E-state index is 3.75. The van der Waals surface area contributed by atoms with E-state index in [2.05, 4.69) is 79.5 Å². The predicted octanol–water partition coefficient (Wildman–Crippen LogP) is 4.31. The highest BCUT2D eigenvalue weighted by atomic mass is 15.2. The third-order valence-electron chi connectivity index (χ3n) is 4.95. The van der Waals surface area contributed by atoms with Crippen LogP contribution in [0.3, 0.4) is 0 Å². The molecule has 23 heavy (non-hydrogen) atoms. The molecule has 2 heteroatoms. The highest BCUT2D eigenvalue weighted by molar-refractivity contribution is 5.51. The van der Waals surface area contributed by atoms with Crippen molar-refractivity contribution in [2.45, 2.75) is 39.8 Å². The molecule has 2 nitrogen and oxygen atoms in total. The van der Waals surface area contributed by atoms with Crippen molar-refractivity contribution in [3.8, 4) is 0 Å². The van der Waals surface area contributed by atoms with Gasteiger partial charge < -0.3 is 10.2 Å². The molecule has 1 heterocycles. The van der Waals surface area contributed by atoms with Crippen LogP contribution in [-0.2, 0) is 6.54 Å². The lowest BCUT2D eigenvalue weighted by atomic mass is 9.94. The van der Waals surface area contributed by atoms with Crippen molar-refractivity contribution < 1.29 is 0 Å². The third kappa shape index (κ3) is 4.14. The summed E-state index contributed by atoms with van der Waals surface area (Å²) < 4.78 is 0. The Morgan fingerprint density at radius 1 is 1.00 bits per heavy atom. The van der Waals surface area contributed by atoms with Crippen LogP contribution >= 0.6 is 0 Å². The molecule has 0 bridgehead atoms. The normalized spacial score (nSPS) is 21.4. The van der Waals surface area contributed by atoms with Gasteiger partial charge in [0.25, 0.3) is 0 Å². The number of hydrogen-bond donors (Lipinski definition) is 1. The fourth-order valence-corrected chi connectivity index (χ4v) is 3.49. The summed E-state index contributed by atoms with van der Waals surface area (Å²) in [6.45, 7) is 9.97. The number of benzene rings is 2. The molecule has 1 saturated heterocycles. The smallest absolute Gasteiger partial charge is 0.0369 e. The number of piperidine rings is 1. The van der Waals surface area contributed by atoms with E-state index >= 15 is 0 Å². The number of hydrogen-bond acceptors (Lipinski definition) is 2. The summed E-state index contributed by atoms with van der Waals surface area (Å²) in [6, 6.07) is 18.1. The van der Waals surface area contributed by atoms with Gasteiger partial charge in [0, 0.05) is 31.4 Å². The Hall–Kier alpha value is -1.80. The van der Waals surface area contributed by atoms with Gasteiger partial charge in [0.15, 0.2) is 0 Å². The van der Waals surface area contributed by atoms with E-state index in [9.17, 15) is 0 Å². The van der Waals surface area contributed by atoms with E-state index in [1.807, 2.05) is 0 Å². The molecule has 0 saturated carbocycles. The number of nitrogens with zero attached hydrogens (tertiary/aromatic N) is 1. The van der Waals surface area contributed by atoms with Crippen LogP contribution in [0.5, 0.6) is 0 Å². The first-order valence-electron chi connectivity index (χ1n) is 8.71. The monoisotopic (exact) mass is 308 g/mol. The van der Waals surface area contributed by atoms with Crippen LogP contribution in [0.2, 0.25) is 0 Å². The topological polar surface area (TPSA) is 15.3 Å². The summed E-state index contributed by atoms with van der Waals surface area (Å²) in [5.74, 6) is 0.721. The summed E-state index contributed by atoms with van der Waals surface area (Å²) in [7, 11) is 0. The van der Waals surface area contributed by atoms with Crippen molar-refractivity contribution in [3.63, 3.8) is 0 Å². The molecular weight excluding hydrogens is 280 g/mol. The van der Waals surface area contributed by atoms with Gasteiger partial charge >= 0.3 is 0 Å². The largest absolute Gasteiger partial charge is 0.370 e. The Morgan fingerprint density at radius 2 is 1.78 bits per heavy atom. The van der Waals surface area contributed by atoms with Crippen molar-refractivity contribution >= 4 is 5.69 Å². The fourth-order valence-electron chi connectivity index (χ4n) is 3.49. The van der Waals surface area contributed by atoms with Crippen LogP contribution in [0.15, 0.2) is 48.5 Å². The zero-order valence-corrected chi connectivity index (χ0v) is 14.5. The number of aryl methyl sites for hydroxylation is 2. The van der Waals surface area contributed by atoms with Gasteiger partial charge in [0.2, 0.25) is 0 Å². The second kappa shape index (κ2) is 7.18. The molecule has 0 aromatic heterocycles. The first-order valence-corrected chi connectivity index (χ1v) is 8.71. The lowest BCUT2D eigenvalue weighted by Crippen LogP contribution is -2.48. The van der Waals surface area contributed by atoms with Gasteiger partial charge in [-0.25, -0.2) is 0 Å². The van der Waals surface area contributed by atoms with Gasteiger partial charge in [-0.2, -0.15) is 0 Å². The Bertz CT molecular complexity index is 636. The molecule has 0 aliphatic carbocycles. The Balaban J connectivity index is 1.65. The third-order valence-corrected chi connectivity index (χ3v) is 4.95.